The molecule has 0 aliphatic carbocycles. The fourth-order valence-electron chi connectivity index (χ4n) is 1.61. The molecule has 0 fully saturated rings. The molecule has 0 aliphatic heterocycles. The van der Waals surface area contributed by atoms with Crippen molar-refractivity contribution in [2.45, 2.75) is 12.8 Å². The molecule has 0 spiro atoms. The molecule has 2 rings (SSSR count). The minimum atomic E-state index is -1.09. The number of hydrogen-bond acceptors (Lipinski definition) is 3. The van der Waals surface area contributed by atoms with E-state index in [1.165, 1.54) is 0 Å². The Labute approximate surface area is 155 Å². The third-order valence-corrected chi connectivity index (χ3v) is 2.69. The predicted octanol–water partition coefficient (Wildman–Crippen LogP) is -0.664. The van der Waals surface area contributed by atoms with Crippen molar-refractivity contribution in [3.63, 3.8) is 0 Å². The molecule has 0 radical (unpaired) electrons. The van der Waals surface area contributed by atoms with Gasteiger partial charge in [-0.15, -0.1) is 0 Å². The van der Waals surface area contributed by atoms with E-state index >= 15 is 0 Å². The number of benzene rings is 2. The van der Waals surface area contributed by atoms with E-state index in [1.807, 2.05) is 30.3 Å². The fraction of sp³-hybridized carbons (Fsp3) is 0.133. The van der Waals surface area contributed by atoms with Crippen LogP contribution in [0.5, 0.6) is 11.5 Å². The number of carbonyl (C=O) groups is 1. The Morgan fingerprint density at radius 3 is 2.32 bits per heavy atom. The summed E-state index contributed by atoms with van der Waals surface area (Å²) in [6.45, 7) is 1.59. The molecule has 3 nitrogen and oxygen atoms in total. The van der Waals surface area contributed by atoms with E-state index in [2.05, 4.69) is 0 Å². The van der Waals surface area contributed by atoms with E-state index in [-0.39, 0.29) is 51.4 Å². The Hall–Kier alpha value is -0.654. The van der Waals surface area contributed by atoms with Crippen LogP contribution in [0.15, 0.2) is 54.6 Å². The van der Waals surface area contributed by atoms with Gasteiger partial charge in [-0.1, -0.05) is 37.3 Å². The summed E-state index contributed by atoms with van der Waals surface area (Å²) in [6.07, 6.45) is 0. The number of carboxylic acids is 1. The average Bonchev–Trinajstić information content (AvgIpc) is 2.39. The molecule has 0 N–H and O–H groups in total. The number of hydrogen-bond donors (Lipinski definition) is 0. The molecule has 0 saturated carbocycles. The van der Waals surface area contributed by atoms with E-state index in [1.54, 1.807) is 31.2 Å². The van der Waals surface area contributed by atoms with Crippen molar-refractivity contribution in [2.24, 2.45) is 0 Å². The van der Waals surface area contributed by atoms with Gasteiger partial charge in [0.1, 0.15) is 11.5 Å². The zero-order valence-corrected chi connectivity index (χ0v) is 14.1. The van der Waals surface area contributed by atoms with Gasteiger partial charge in [-0.2, -0.15) is 0 Å². The van der Waals surface area contributed by atoms with Crippen LogP contribution in [0, 0.1) is 0 Å². The number of rotatable bonds is 4. The van der Waals surface area contributed by atoms with Gasteiger partial charge in [-0.05, 0) is 29.8 Å². The van der Waals surface area contributed by atoms with Gasteiger partial charge < -0.3 is 14.6 Å². The van der Waals surface area contributed by atoms with Crippen LogP contribution in [0.2, 0.25) is 0 Å². The number of para-hydroxylation sites is 1. The summed E-state index contributed by atoms with van der Waals surface area (Å²) in [5, 5.41) is 10.8. The SMILES string of the molecule is C[C@H](C(=O)[O-])c1cccc(Oc2ccccc2)c1.[K+]. The predicted molar refractivity (Wildman–Crippen MR) is 66.4 cm³/mol. The molecule has 0 bridgehead atoms. The molecule has 0 unspecified atom stereocenters. The van der Waals surface area contributed by atoms with Crippen molar-refractivity contribution in [3.8, 4) is 11.5 Å². The monoisotopic (exact) mass is 280 g/mol. The topological polar surface area (TPSA) is 49.4 Å². The second kappa shape index (κ2) is 7.82. The number of aliphatic carboxylic acids is 1. The first-order valence-electron chi connectivity index (χ1n) is 5.70. The van der Waals surface area contributed by atoms with Crippen LogP contribution in [0.4, 0.5) is 0 Å². The normalized spacial score (nSPS) is 11.2. The van der Waals surface area contributed by atoms with Gasteiger partial charge in [-0.3, -0.25) is 0 Å². The molecule has 92 valence electrons. The zero-order chi connectivity index (χ0) is 13.0. The van der Waals surface area contributed by atoms with Crippen LogP contribution in [0.3, 0.4) is 0 Å². The summed E-state index contributed by atoms with van der Waals surface area (Å²) >= 11 is 0. The van der Waals surface area contributed by atoms with Crippen molar-refractivity contribution >= 4 is 5.97 Å². The van der Waals surface area contributed by atoms with Gasteiger partial charge in [0.25, 0.3) is 0 Å². The summed E-state index contributed by atoms with van der Waals surface area (Å²) in [5.41, 5.74) is 0.670. The van der Waals surface area contributed by atoms with Crippen molar-refractivity contribution in [1.29, 1.82) is 0 Å². The van der Waals surface area contributed by atoms with Crippen LogP contribution in [0.25, 0.3) is 0 Å². The molecule has 2 aromatic rings. The van der Waals surface area contributed by atoms with Crippen LogP contribution in [-0.2, 0) is 4.79 Å². The Kier molecular flexibility index (Phi) is 6.75. The Morgan fingerprint density at radius 2 is 1.68 bits per heavy atom. The Balaban J connectivity index is 0.00000180. The quantitative estimate of drug-likeness (QED) is 0.698. The summed E-state index contributed by atoms with van der Waals surface area (Å²) in [4.78, 5) is 10.8. The van der Waals surface area contributed by atoms with Crippen molar-refractivity contribution in [2.75, 3.05) is 0 Å². The summed E-state index contributed by atoms with van der Waals surface area (Å²) < 4.78 is 5.64. The molecule has 2 aromatic carbocycles. The van der Waals surface area contributed by atoms with Gasteiger partial charge in [0, 0.05) is 11.9 Å². The molecule has 0 aliphatic rings. The summed E-state index contributed by atoms with van der Waals surface area (Å²) in [7, 11) is 0. The van der Waals surface area contributed by atoms with E-state index in [0.717, 1.165) is 5.75 Å². The Bertz CT molecular complexity index is 540. The smallest absolute Gasteiger partial charge is 0.550 e. The van der Waals surface area contributed by atoms with Gasteiger partial charge in [0.2, 0.25) is 0 Å². The second-order valence-corrected chi connectivity index (χ2v) is 4.03. The molecule has 4 heteroatoms. The molecule has 1 atom stereocenters. The molecule has 0 heterocycles. The van der Waals surface area contributed by atoms with Crippen LogP contribution < -0.4 is 61.2 Å². The largest absolute Gasteiger partial charge is 1.00 e. The van der Waals surface area contributed by atoms with Crippen molar-refractivity contribution < 1.29 is 66.0 Å². The van der Waals surface area contributed by atoms with Gasteiger partial charge in [0.05, 0.1) is 0 Å². The van der Waals surface area contributed by atoms with Crippen molar-refractivity contribution in [3.05, 3.63) is 60.2 Å². The number of carbonyl (C=O) groups excluding carboxylic acids is 1. The minimum Gasteiger partial charge on any atom is -0.550 e. The first-order chi connectivity index (χ1) is 8.66. The van der Waals surface area contributed by atoms with Gasteiger partial charge in [0.15, 0.2) is 0 Å². The van der Waals surface area contributed by atoms with Gasteiger partial charge in [-0.25, -0.2) is 0 Å². The second-order valence-electron chi connectivity index (χ2n) is 4.03. The van der Waals surface area contributed by atoms with Crippen LogP contribution in [0.1, 0.15) is 18.4 Å². The molecule has 19 heavy (non-hydrogen) atoms. The molecular formula is C15H13KO3. The van der Waals surface area contributed by atoms with Crippen LogP contribution in [-0.4, -0.2) is 5.97 Å². The van der Waals surface area contributed by atoms with Gasteiger partial charge >= 0.3 is 51.4 Å². The van der Waals surface area contributed by atoms with E-state index in [4.69, 9.17) is 4.74 Å². The van der Waals surface area contributed by atoms with E-state index in [0.29, 0.717) is 11.3 Å². The third-order valence-electron chi connectivity index (χ3n) is 2.69. The van der Waals surface area contributed by atoms with Crippen LogP contribution >= 0.6 is 0 Å². The first-order valence-corrected chi connectivity index (χ1v) is 5.70. The van der Waals surface area contributed by atoms with E-state index < -0.39 is 11.9 Å². The Morgan fingerprint density at radius 1 is 1.05 bits per heavy atom. The maximum atomic E-state index is 10.8. The molecule has 0 aromatic heterocycles. The maximum Gasteiger partial charge on any atom is 1.00 e. The number of carboxylic acid groups (broad SMARTS) is 1. The first kappa shape index (κ1) is 16.4. The standard InChI is InChI=1S/C15H14O3.K/c1-11(15(16)17)12-6-5-9-14(10-12)18-13-7-3-2-4-8-13;/h2-11H,1H3,(H,16,17);/q;+1/p-1/t11-;/m0./s1. The number of ether oxygens (including phenoxy) is 1. The summed E-state index contributed by atoms with van der Waals surface area (Å²) in [6, 6.07) is 16.4. The maximum absolute atomic E-state index is 10.8. The molecule has 0 saturated heterocycles. The van der Waals surface area contributed by atoms with Crippen molar-refractivity contribution in [1.82, 2.24) is 0 Å². The molecular weight excluding hydrogens is 267 g/mol. The zero-order valence-electron chi connectivity index (χ0n) is 11.0. The minimum absolute atomic E-state index is 0. The van der Waals surface area contributed by atoms with E-state index in [9.17, 15) is 9.90 Å². The molecule has 0 amide bonds. The summed E-state index contributed by atoms with van der Waals surface area (Å²) in [5.74, 6) is -0.404. The fourth-order valence-corrected chi connectivity index (χ4v) is 1.61. The average molecular weight is 280 g/mol. The third kappa shape index (κ3) is 4.74.